The number of nitrogen functional groups attached to an aromatic ring is 1. The molecular formula is C29H42N2O10. The number of nitrogens with two attached hydrogens (primary N) is 1. The molecule has 0 saturated heterocycles. The van der Waals surface area contributed by atoms with Crippen molar-refractivity contribution in [3.8, 4) is 17.6 Å². The summed E-state index contributed by atoms with van der Waals surface area (Å²) in [6.45, 7) is 2.00. The minimum atomic E-state index is -0.759. The van der Waals surface area contributed by atoms with E-state index in [1.807, 2.05) is 43.0 Å². The summed E-state index contributed by atoms with van der Waals surface area (Å²) in [7, 11) is 7.29. The second-order valence-electron chi connectivity index (χ2n) is 6.49. The van der Waals surface area contributed by atoms with Gasteiger partial charge in [0, 0.05) is 24.6 Å². The first kappa shape index (κ1) is 43.0. The second kappa shape index (κ2) is 26.6. The van der Waals surface area contributed by atoms with Crippen LogP contribution in [0.4, 0.5) is 11.4 Å². The summed E-state index contributed by atoms with van der Waals surface area (Å²) in [4.78, 5) is 43.2. The van der Waals surface area contributed by atoms with E-state index in [-0.39, 0.29) is 20.6 Å². The highest BCUT2D eigenvalue weighted by molar-refractivity contribution is 5.99. The molecule has 12 nitrogen and oxygen atoms in total. The number of benzene rings is 2. The first-order valence-corrected chi connectivity index (χ1v) is 10.8. The van der Waals surface area contributed by atoms with Gasteiger partial charge in [-0.1, -0.05) is 45.2 Å². The van der Waals surface area contributed by atoms with Crippen molar-refractivity contribution in [2.45, 2.75) is 21.8 Å². The number of para-hydroxylation sites is 3. The van der Waals surface area contributed by atoms with Gasteiger partial charge in [0.25, 0.3) is 0 Å². The predicted molar refractivity (Wildman–Crippen MR) is 158 cm³/mol. The molecule has 2 aromatic rings. The van der Waals surface area contributed by atoms with E-state index in [1.54, 1.807) is 24.3 Å². The fourth-order valence-electron chi connectivity index (χ4n) is 2.12. The maximum Gasteiger partial charge on any atom is 0.384 e. The number of aryl methyl sites for hydroxylation is 1. The van der Waals surface area contributed by atoms with Crippen LogP contribution < -0.4 is 15.8 Å². The normalized spacial score (nSPS) is 8.54. The van der Waals surface area contributed by atoms with Crippen LogP contribution in [-0.2, 0) is 38.1 Å². The number of anilines is 2. The Balaban J connectivity index is -0.000000263. The van der Waals surface area contributed by atoms with Crippen molar-refractivity contribution in [1.29, 1.82) is 0 Å². The molecule has 0 bridgehead atoms. The summed E-state index contributed by atoms with van der Waals surface area (Å²) >= 11 is 0. The molecule has 0 amide bonds. The van der Waals surface area contributed by atoms with Crippen LogP contribution >= 0.6 is 0 Å². The Hall–Kier alpha value is -5.02. The van der Waals surface area contributed by atoms with Crippen LogP contribution in [-0.4, -0.2) is 71.6 Å². The van der Waals surface area contributed by atoms with Gasteiger partial charge in [0.2, 0.25) is 0 Å². The van der Waals surface area contributed by atoms with Gasteiger partial charge in [0.15, 0.2) is 0 Å². The van der Waals surface area contributed by atoms with Crippen LogP contribution in [0.3, 0.4) is 0 Å². The Bertz CT molecular complexity index is 1110. The number of carbonyl (C=O) groups excluding carboxylic acids is 4. The molecular weight excluding hydrogens is 536 g/mol. The zero-order valence-corrected chi connectivity index (χ0v) is 22.9. The van der Waals surface area contributed by atoms with Crippen molar-refractivity contribution >= 4 is 35.3 Å². The minimum absolute atomic E-state index is 0. The molecule has 4 N–H and O–H groups in total. The summed E-state index contributed by atoms with van der Waals surface area (Å²) in [5, 5.41) is 9.78. The van der Waals surface area contributed by atoms with Crippen LogP contribution in [0.25, 0.3) is 0 Å². The number of aliphatic hydroxyl groups is 1. The lowest BCUT2D eigenvalue weighted by Gasteiger charge is -2.12. The molecule has 0 unspecified atom stereocenters. The lowest BCUT2D eigenvalue weighted by molar-refractivity contribution is -0.138. The zero-order valence-electron chi connectivity index (χ0n) is 22.9. The monoisotopic (exact) mass is 578 g/mol. The summed E-state index contributed by atoms with van der Waals surface area (Å²) in [5.74, 6) is 1.46. The molecule has 228 valence electrons. The third-order valence-corrected chi connectivity index (χ3v) is 4.07. The number of methoxy groups -OCH3 is 5. The SMILES string of the molecule is C.C.CO.COC(=O)/C=C(/Nc1ccccc1OC)C(=O)OC.COC(=O)C#CC(=O)OC.Cc1ccccc1N. The Morgan fingerprint density at radius 2 is 1.27 bits per heavy atom. The van der Waals surface area contributed by atoms with E-state index in [2.05, 4.69) is 24.3 Å². The van der Waals surface area contributed by atoms with Gasteiger partial charge < -0.3 is 39.8 Å². The van der Waals surface area contributed by atoms with Crippen LogP contribution in [0.5, 0.6) is 5.75 Å². The summed E-state index contributed by atoms with van der Waals surface area (Å²) in [6, 6.07) is 14.8. The van der Waals surface area contributed by atoms with Crippen molar-refractivity contribution in [2.75, 3.05) is 53.7 Å². The number of esters is 4. The summed E-state index contributed by atoms with van der Waals surface area (Å²) in [6.07, 6.45) is 1.01. The molecule has 0 saturated carbocycles. The van der Waals surface area contributed by atoms with Crippen molar-refractivity contribution in [2.24, 2.45) is 0 Å². The zero-order chi connectivity index (χ0) is 30.2. The number of ether oxygens (including phenoxy) is 5. The molecule has 0 aliphatic heterocycles. The summed E-state index contributed by atoms with van der Waals surface area (Å²) in [5.41, 5.74) is 8.02. The summed E-state index contributed by atoms with van der Waals surface area (Å²) < 4.78 is 22.4. The highest BCUT2D eigenvalue weighted by atomic mass is 16.5. The average molecular weight is 579 g/mol. The Kier molecular flexibility index (Phi) is 27.9. The molecule has 0 aliphatic rings. The van der Waals surface area contributed by atoms with E-state index in [1.165, 1.54) is 35.5 Å². The molecule has 2 aromatic carbocycles. The Morgan fingerprint density at radius 3 is 1.66 bits per heavy atom. The van der Waals surface area contributed by atoms with Crippen LogP contribution in [0.2, 0.25) is 0 Å². The van der Waals surface area contributed by atoms with Gasteiger partial charge in [-0.25, -0.2) is 19.2 Å². The first-order chi connectivity index (χ1) is 18.6. The maximum atomic E-state index is 11.6. The van der Waals surface area contributed by atoms with Gasteiger partial charge in [-0.15, -0.1) is 0 Å². The molecule has 0 aromatic heterocycles. The van der Waals surface area contributed by atoms with Gasteiger partial charge in [-0.3, -0.25) is 0 Å². The number of aliphatic hydroxyl groups excluding tert-OH is 1. The van der Waals surface area contributed by atoms with Gasteiger partial charge in [-0.2, -0.15) is 0 Å². The third-order valence-electron chi connectivity index (χ3n) is 4.07. The van der Waals surface area contributed by atoms with Crippen LogP contribution in [0.1, 0.15) is 20.4 Å². The fraction of sp³-hybridized carbons (Fsp3) is 0.310. The largest absolute Gasteiger partial charge is 0.495 e. The van der Waals surface area contributed by atoms with E-state index in [9.17, 15) is 19.2 Å². The number of carbonyl (C=O) groups is 4. The molecule has 41 heavy (non-hydrogen) atoms. The van der Waals surface area contributed by atoms with Crippen LogP contribution in [0.15, 0.2) is 60.3 Å². The molecule has 0 fully saturated rings. The molecule has 0 radical (unpaired) electrons. The second-order valence-corrected chi connectivity index (χ2v) is 6.49. The Labute approximate surface area is 242 Å². The quantitative estimate of drug-likeness (QED) is 0.118. The number of rotatable bonds is 5. The van der Waals surface area contributed by atoms with E-state index >= 15 is 0 Å². The lowest BCUT2D eigenvalue weighted by atomic mass is 10.2. The van der Waals surface area contributed by atoms with Crippen molar-refractivity contribution in [3.05, 3.63) is 65.9 Å². The van der Waals surface area contributed by atoms with Gasteiger partial charge >= 0.3 is 23.9 Å². The molecule has 0 heterocycles. The standard InChI is InChI=1S/C13H15NO5.C7H9N.C6H6O4.CH4O.2CH4/c1-17-11-7-5-4-6-9(11)14-10(13(16)19-3)8-12(15)18-2;1-6-4-2-3-5-7(6)8;1-9-5(7)3-4-6(8)10-2;1-2;;/h4-8,14H,1-3H3;2-5H,8H2,1H3;1-2H3;2H,1H3;2*1H4/b10-8+;;;;;. The van der Waals surface area contributed by atoms with E-state index < -0.39 is 23.9 Å². The lowest BCUT2D eigenvalue weighted by Crippen LogP contribution is -2.15. The number of hydrogen-bond acceptors (Lipinski definition) is 12. The van der Waals surface area contributed by atoms with Crippen molar-refractivity contribution in [3.63, 3.8) is 0 Å². The minimum Gasteiger partial charge on any atom is -0.495 e. The number of hydrogen-bond donors (Lipinski definition) is 3. The van der Waals surface area contributed by atoms with Crippen molar-refractivity contribution in [1.82, 2.24) is 0 Å². The van der Waals surface area contributed by atoms with Crippen LogP contribution in [0, 0.1) is 18.8 Å². The predicted octanol–water partition coefficient (Wildman–Crippen LogP) is 3.13. The molecule has 0 aliphatic carbocycles. The van der Waals surface area contributed by atoms with Crippen molar-refractivity contribution < 1.29 is 48.0 Å². The van der Waals surface area contributed by atoms with Gasteiger partial charge in [0.1, 0.15) is 11.4 Å². The average Bonchev–Trinajstić information content (AvgIpc) is 2.98. The highest BCUT2D eigenvalue weighted by Gasteiger charge is 2.14. The smallest absolute Gasteiger partial charge is 0.384 e. The molecule has 12 heteroatoms. The topological polar surface area (TPSA) is 173 Å². The molecule has 2 rings (SSSR count). The third kappa shape index (κ3) is 19.7. The fourth-order valence-corrected chi connectivity index (χ4v) is 2.12. The molecule has 0 atom stereocenters. The Morgan fingerprint density at radius 1 is 0.780 bits per heavy atom. The van der Waals surface area contributed by atoms with Gasteiger partial charge in [0.05, 0.1) is 47.3 Å². The highest BCUT2D eigenvalue weighted by Crippen LogP contribution is 2.24. The maximum absolute atomic E-state index is 11.6. The van der Waals surface area contributed by atoms with E-state index in [0.29, 0.717) is 11.4 Å². The molecule has 0 spiro atoms. The van der Waals surface area contributed by atoms with E-state index in [0.717, 1.165) is 24.4 Å². The number of nitrogens with one attached hydrogen (secondary N) is 1. The van der Waals surface area contributed by atoms with Gasteiger partial charge in [-0.05, 0) is 30.7 Å². The van der Waals surface area contributed by atoms with E-state index in [4.69, 9.17) is 15.6 Å². The first-order valence-electron chi connectivity index (χ1n) is 10.8.